The average molecular weight is 482 g/mol. The largest absolute Gasteiger partial charge is 0.374 e. The van der Waals surface area contributed by atoms with Gasteiger partial charge in [0.05, 0.1) is 17.1 Å². The summed E-state index contributed by atoms with van der Waals surface area (Å²) >= 11 is 9.65. The lowest BCUT2D eigenvalue weighted by atomic mass is 9.89. The summed E-state index contributed by atoms with van der Waals surface area (Å²) in [5.74, 6) is 1.31. The molecule has 1 aliphatic carbocycles. The van der Waals surface area contributed by atoms with E-state index in [2.05, 4.69) is 29.4 Å². The fourth-order valence-corrected chi connectivity index (χ4v) is 6.67. The van der Waals surface area contributed by atoms with Gasteiger partial charge in [-0.05, 0) is 68.0 Å². The molecule has 0 saturated heterocycles. The molecule has 2 aromatic heterocycles. The molecule has 0 radical (unpaired) electrons. The van der Waals surface area contributed by atoms with Crippen molar-refractivity contribution in [3.8, 4) is 0 Å². The summed E-state index contributed by atoms with van der Waals surface area (Å²) in [7, 11) is 0. The van der Waals surface area contributed by atoms with Crippen molar-refractivity contribution in [3.63, 3.8) is 0 Å². The van der Waals surface area contributed by atoms with Crippen LogP contribution in [0.4, 0.5) is 5.69 Å². The zero-order valence-corrected chi connectivity index (χ0v) is 20.3. The predicted molar refractivity (Wildman–Crippen MR) is 135 cm³/mol. The van der Waals surface area contributed by atoms with Crippen molar-refractivity contribution >= 4 is 50.6 Å². The molecule has 7 heteroatoms. The van der Waals surface area contributed by atoms with E-state index in [-0.39, 0.29) is 11.6 Å². The topological polar surface area (TPSA) is 57.8 Å². The van der Waals surface area contributed by atoms with E-state index in [1.807, 2.05) is 43.3 Å². The molecule has 32 heavy (non-hydrogen) atoms. The van der Waals surface area contributed by atoms with Crippen LogP contribution in [0.1, 0.15) is 42.6 Å². The molecule has 0 bridgehead atoms. The van der Waals surface area contributed by atoms with E-state index in [1.54, 1.807) is 23.1 Å². The van der Waals surface area contributed by atoms with Crippen molar-refractivity contribution < 1.29 is 0 Å². The molecule has 164 valence electrons. The molecule has 5 rings (SSSR count). The maximum absolute atomic E-state index is 13.0. The van der Waals surface area contributed by atoms with E-state index in [1.165, 1.54) is 10.4 Å². The van der Waals surface area contributed by atoms with Crippen molar-refractivity contribution in [3.05, 3.63) is 80.2 Å². The van der Waals surface area contributed by atoms with Gasteiger partial charge in [0.1, 0.15) is 10.7 Å². The summed E-state index contributed by atoms with van der Waals surface area (Å²) < 4.78 is 0. The number of nitrogens with zero attached hydrogens (tertiary/aromatic N) is 1. The number of hydrogen-bond acceptors (Lipinski definition) is 5. The Bertz CT molecular complexity index is 1330. The van der Waals surface area contributed by atoms with Gasteiger partial charge in [-0.1, -0.05) is 48.5 Å². The number of H-pyrrole nitrogens is 1. The Labute approximate surface area is 200 Å². The SMILES string of the molecule is C[C@H]1CCc2c(sc3nc([C@@H](C)Nc4cc(Cl)ccc4Sc4ccccc4)[nH]c(=O)c23)C1. The highest BCUT2D eigenvalue weighted by atomic mass is 35.5. The lowest BCUT2D eigenvalue weighted by Crippen LogP contribution is -2.18. The number of nitrogens with one attached hydrogen (secondary N) is 2. The molecular formula is C25H24ClN3OS2. The molecule has 2 aromatic carbocycles. The number of aromatic nitrogens is 2. The Morgan fingerprint density at radius 3 is 2.88 bits per heavy atom. The fourth-order valence-electron chi connectivity index (χ4n) is 4.19. The minimum Gasteiger partial charge on any atom is -0.374 e. The van der Waals surface area contributed by atoms with Gasteiger partial charge >= 0.3 is 0 Å². The van der Waals surface area contributed by atoms with Gasteiger partial charge in [0, 0.05) is 19.7 Å². The van der Waals surface area contributed by atoms with Crippen molar-refractivity contribution in [2.45, 2.75) is 48.9 Å². The summed E-state index contributed by atoms with van der Waals surface area (Å²) in [6.07, 6.45) is 3.15. The van der Waals surface area contributed by atoms with Crippen LogP contribution >= 0.6 is 34.7 Å². The van der Waals surface area contributed by atoms with Gasteiger partial charge in [0.25, 0.3) is 5.56 Å². The summed E-state index contributed by atoms with van der Waals surface area (Å²) in [5, 5.41) is 4.96. The number of aromatic amines is 1. The Balaban J connectivity index is 1.46. The monoisotopic (exact) mass is 481 g/mol. The van der Waals surface area contributed by atoms with Crippen molar-refractivity contribution in [2.24, 2.45) is 5.92 Å². The molecule has 1 aliphatic rings. The lowest BCUT2D eigenvalue weighted by Gasteiger charge is -2.18. The molecule has 0 unspecified atom stereocenters. The van der Waals surface area contributed by atoms with Crippen LogP contribution < -0.4 is 10.9 Å². The first-order valence-corrected chi connectivity index (χ1v) is 12.8. The summed E-state index contributed by atoms with van der Waals surface area (Å²) in [6.45, 7) is 4.29. The molecule has 0 aliphatic heterocycles. The number of fused-ring (bicyclic) bond motifs is 3. The van der Waals surface area contributed by atoms with Crippen LogP contribution in [0.15, 0.2) is 63.1 Å². The highest BCUT2D eigenvalue weighted by molar-refractivity contribution is 7.99. The highest BCUT2D eigenvalue weighted by Crippen LogP contribution is 2.38. The molecule has 0 fully saturated rings. The Kier molecular flexibility index (Phi) is 6.01. The van der Waals surface area contributed by atoms with E-state index in [0.717, 1.165) is 45.0 Å². The van der Waals surface area contributed by atoms with Crippen LogP contribution in [0, 0.1) is 5.92 Å². The quantitative estimate of drug-likeness (QED) is 0.319. The molecule has 2 atom stereocenters. The Hall–Kier alpha value is -2.28. The first-order valence-electron chi connectivity index (χ1n) is 10.8. The first kappa shape index (κ1) is 21.6. The van der Waals surface area contributed by atoms with Gasteiger partial charge in [-0.2, -0.15) is 0 Å². The van der Waals surface area contributed by atoms with Gasteiger partial charge in [-0.3, -0.25) is 4.79 Å². The summed E-state index contributed by atoms with van der Waals surface area (Å²) in [6, 6.07) is 15.9. The molecule has 2 heterocycles. The maximum Gasteiger partial charge on any atom is 0.259 e. The van der Waals surface area contributed by atoms with Crippen LogP contribution in [0.3, 0.4) is 0 Å². The van der Waals surface area contributed by atoms with Crippen LogP contribution in [0.25, 0.3) is 10.2 Å². The van der Waals surface area contributed by atoms with Gasteiger partial charge < -0.3 is 10.3 Å². The Morgan fingerprint density at radius 2 is 2.06 bits per heavy atom. The van der Waals surface area contributed by atoms with Crippen LogP contribution in [-0.2, 0) is 12.8 Å². The minimum atomic E-state index is -0.182. The Morgan fingerprint density at radius 1 is 1.25 bits per heavy atom. The third-order valence-corrected chi connectivity index (χ3v) is 8.35. The second-order valence-corrected chi connectivity index (χ2v) is 11.0. The number of rotatable bonds is 5. The molecule has 0 amide bonds. The number of benzene rings is 2. The maximum atomic E-state index is 13.0. The van der Waals surface area contributed by atoms with E-state index in [0.29, 0.717) is 16.8 Å². The van der Waals surface area contributed by atoms with E-state index in [9.17, 15) is 4.79 Å². The molecule has 4 aromatic rings. The average Bonchev–Trinajstić information content (AvgIpc) is 3.14. The standard InChI is InChI=1S/C25H24ClN3OS2/c1-14-8-10-18-21(12-14)32-25-22(18)24(30)28-23(29-25)15(2)27-19-13-16(26)9-11-20(19)31-17-6-4-3-5-7-17/h3-7,9,11,13-15,27H,8,10,12H2,1-2H3,(H,28,29,30)/t14-,15+/m0/s1. The van der Waals surface area contributed by atoms with Crippen LogP contribution in [0.5, 0.6) is 0 Å². The van der Waals surface area contributed by atoms with Gasteiger partial charge in [-0.15, -0.1) is 11.3 Å². The van der Waals surface area contributed by atoms with Crippen molar-refractivity contribution in [2.75, 3.05) is 5.32 Å². The highest BCUT2D eigenvalue weighted by Gasteiger charge is 2.24. The number of hydrogen-bond donors (Lipinski definition) is 2. The van der Waals surface area contributed by atoms with E-state index in [4.69, 9.17) is 16.6 Å². The number of anilines is 1. The lowest BCUT2D eigenvalue weighted by molar-refractivity contribution is 0.509. The molecule has 0 spiro atoms. The minimum absolute atomic E-state index is 0.0318. The van der Waals surface area contributed by atoms with E-state index >= 15 is 0 Å². The van der Waals surface area contributed by atoms with Gasteiger partial charge in [-0.25, -0.2) is 4.98 Å². The molecular weight excluding hydrogens is 458 g/mol. The number of aryl methyl sites for hydroxylation is 1. The molecule has 0 saturated carbocycles. The molecule has 4 nitrogen and oxygen atoms in total. The molecule has 2 N–H and O–H groups in total. The summed E-state index contributed by atoms with van der Waals surface area (Å²) in [5.41, 5.74) is 2.09. The fraction of sp³-hybridized carbons (Fsp3) is 0.280. The number of halogens is 1. The second kappa shape index (κ2) is 8.93. The predicted octanol–water partition coefficient (Wildman–Crippen LogP) is 7.09. The van der Waals surface area contributed by atoms with Crippen LogP contribution in [-0.4, -0.2) is 9.97 Å². The van der Waals surface area contributed by atoms with Gasteiger partial charge in [0.15, 0.2) is 0 Å². The third-order valence-electron chi connectivity index (χ3n) is 5.88. The van der Waals surface area contributed by atoms with Crippen molar-refractivity contribution in [1.82, 2.24) is 9.97 Å². The van der Waals surface area contributed by atoms with E-state index < -0.39 is 0 Å². The number of thiophene rings is 1. The third kappa shape index (κ3) is 4.32. The second-order valence-electron chi connectivity index (χ2n) is 8.40. The van der Waals surface area contributed by atoms with Crippen LogP contribution in [0.2, 0.25) is 5.02 Å². The zero-order valence-electron chi connectivity index (χ0n) is 17.9. The zero-order chi connectivity index (χ0) is 22.2. The smallest absolute Gasteiger partial charge is 0.259 e. The first-order chi connectivity index (χ1) is 15.5. The van der Waals surface area contributed by atoms with Gasteiger partial charge in [0.2, 0.25) is 0 Å². The normalized spacial score (nSPS) is 16.7. The van der Waals surface area contributed by atoms with Crippen molar-refractivity contribution in [1.29, 1.82) is 0 Å². The summed E-state index contributed by atoms with van der Waals surface area (Å²) in [4.78, 5) is 25.3.